The van der Waals surface area contributed by atoms with E-state index < -0.39 is 10.8 Å². The largest absolute Gasteiger partial charge is 0.492 e. The highest BCUT2D eigenvalue weighted by molar-refractivity contribution is 9.10. The fraction of sp³-hybridized carbons (Fsp3) is 0.133. The summed E-state index contributed by atoms with van der Waals surface area (Å²) in [6.07, 6.45) is 0. The first-order chi connectivity index (χ1) is 11.0. The van der Waals surface area contributed by atoms with Gasteiger partial charge in [-0.25, -0.2) is 0 Å². The van der Waals surface area contributed by atoms with Gasteiger partial charge in [0.1, 0.15) is 12.4 Å². The van der Waals surface area contributed by atoms with Crippen molar-refractivity contribution < 1.29 is 14.5 Å². The molecule has 0 radical (unpaired) electrons. The highest BCUT2D eigenvalue weighted by atomic mass is 79.9. The van der Waals surface area contributed by atoms with Crippen LogP contribution in [0.5, 0.6) is 5.75 Å². The average molecular weight is 400 g/mol. The number of carbonyl (C=O) groups is 1. The van der Waals surface area contributed by atoms with Gasteiger partial charge in [0.2, 0.25) is 0 Å². The standard InChI is InChI=1S/C15H12BrClN2O4/c16-13-6-1-10(9-14(13)19(21)22)15(20)18-7-8-23-12-4-2-11(17)3-5-12/h1-6,9H,7-8H2,(H,18,20). The molecule has 0 aliphatic carbocycles. The normalized spacial score (nSPS) is 10.2. The van der Waals surface area contributed by atoms with Gasteiger partial charge >= 0.3 is 0 Å². The second kappa shape index (κ2) is 7.94. The minimum atomic E-state index is -0.551. The Morgan fingerprint density at radius 1 is 1.26 bits per heavy atom. The molecule has 2 rings (SSSR count). The molecule has 0 atom stereocenters. The molecule has 1 N–H and O–H groups in total. The van der Waals surface area contributed by atoms with Crippen LogP contribution >= 0.6 is 27.5 Å². The van der Waals surface area contributed by atoms with Gasteiger partial charge in [-0.1, -0.05) is 11.6 Å². The highest BCUT2D eigenvalue weighted by Gasteiger charge is 2.15. The van der Waals surface area contributed by atoms with Crippen LogP contribution in [-0.2, 0) is 0 Å². The van der Waals surface area contributed by atoms with Crippen LogP contribution in [-0.4, -0.2) is 24.0 Å². The summed E-state index contributed by atoms with van der Waals surface area (Å²) in [5.74, 6) is 0.239. The molecule has 1 amide bonds. The van der Waals surface area contributed by atoms with Crippen molar-refractivity contribution in [1.29, 1.82) is 0 Å². The van der Waals surface area contributed by atoms with Crippen LogP contribution in [0.25, 0.3) is 0 Å². The lowest BCUT2D eigenvalue weighted by Gasteiger charge is -2.08. The molecule has 0 saturated carbocycles. The number of nitro benzene ring substituents is 1. The Morgan fingerprint density at radius 2 is 1.96 bits per heavy atom. The number of benzene rings is 2. The molecule has 120 valence electrons. The Kier molecular flexibility index (Phi) is 5.95. The fourth-order valence-corrected chi connectivity index (χ4v) is 2.28. The van der Waals surface area contributed by atoms with Gasteiger partial charge in [-0.05, 0) is 52.3 Å². The zero-order chi connectivity index (χ0) is 16.8. The van der Waals surface area contributed by atoms with Crippen LogP contribution in [0.2, 0.25) is 5.02 Å². The number of carbonyl (C=O) groups excluding carboxylic acids is 1. The van der Waals surface area contributed by atoms with E-state index in [-0.39, 0.29) is 24.4 Å². The van der Waals surface area contributed by atoms with E-state index in [1.54, 1.807) is 24.3 Å². The SMILES string of the molecule is O=C(NCCOc1ccc(Cl)cc1)c1ccc(Br)c([N+](=O)[O-])c1. The molecule has 0 bridgehead atoms. The number of hydrogen-bond donors (Lipinski definition) is 1. The van der Waals surface area contributed by atoms with Crippen molar-refractivity contribution >= 4 is 39.1 Å². The van der Waals surface area contributed by atoms with E-state index in [0.29, 0.717) is 15.2 Å². The quantitative estimate of drug-likeness (QED) is 0.455. The number of ether oxygens (including phenoxy) is 1. The van der Waals surface area contributed by atoms with Crippen LogP contribution in [0.15, 0.2) is 46.9 Å². The van der Waals surface area contributed by atoms with Gasteiger partial charge in [0.05, 0.1) is 15.9 Å². The Bertz CT molecular complexity index is 722. The fourth-order valence-electron chi connectivity index (χ4n) is 1.76. The number of amides is 1. The van der Waals surface area contributed by atoms with Gasteiger partial charge in [-0.15, -0.1) is 0 Å². The minimum absolute atomic E-state index is 0.157. The Morgan fingerprint density at radius 3 is 2.61 bits per heavy atom. The molecule has 0 fully saturated rings. The van der Waals surface area contributed by atoms with Gasteiger partial charge < -0.3 is 10.1 Å². The first kappa shape index (κ1) is 17.2. The summed E-state index contributed by atoms with van der Waals surface area (Å²) in [7, 11) is 0. The smallest absolute Gasteiger partial charge is 0.284 e. The van der Waals surface area contributed by atoms with Gasteiger partial charge in [0.15, 0.2) is 0 Å². The summed E-state index contributed by atoms with van der Waals surface area (Å²) in [6.45, 7) is 0.539. The predicted molar refractivity (Wildman–Crippen MR) is 90.1 cm³/mol. The van der Waals surface area contributed by atoms with Crippen LogP contribution in [0.3, 0.4) is 0 Å². The molecule has 2 aromatic carbocycles. The summed E-state index contributed by atoms with van der Waals surface area (Å²) < 4.78 is 5.76. The molecule has 8 heteroatoms. The first-order valence-electron chi connectivity index (χ1n) is 6.58. The molecule has 2 aromatic rings. The molecule has 0 saturated heterocycles. The molecule has 0 aromatic heterocycles. The maximum absolute atomic E-state index is 12.0. The third kappa shape index (κ3) is 4.94. The minimum Gasteiger partial charge on any atom is -0.492 e. The van der Waals surface area contributed by atoms with Gasteiger partial charge in [-0.2, -0.15) is 0 Å². The van der Waals surface area contributed by atoms with Gasteiger partial charge in [0, 0.05) is 16.7 Å². The molecule has 0 aliphatic rings. The molecule has 0 unspecified atom stereocenters. The molecule has 23 heavy (non-hydrogen) atoms. The number of rotatable bonds is 6. The molecular formula is C15H12BrClN2O4. The lowest BCUT2D eigenvalue weighted by atomic mass is 10.2. The molecule has 6 nitrogen and oxygen atoms in total. The Hall–Kier alpha value is -2.12. The zero-order valence-corrected chi connectivity index (χ0v) is 14.1. The van der Waals surface area contributed by atoms with Gasteiger partial charge in [-0.3, -0.25) is 14.9 Å². The van der Waals surface area contributed by atoms with Crippen LogP contribution in [0.1, 0.15) is 10.4 Å². The lowest BCUT2D eigenvalue weighted by molar-refractivity contribution is -0.385. The maximum atomic E-state index is 12.0. The van der Waals surface area contributed by atoms with E-state index in [1.165, 1.54) is 18.2 Å². The van der Waals surface area contributed by atoms with E-state index >= 15 is 0 Å². The molecule has 0 spiro atoms. The number of nitro groups is 1. The summed E-state index contributed by atoms with van der Waals surface area (Å²) in [4.78, 5) is 22.3. The number of halogens is 2. The third-order valence-corrected chi connectivity index (χ3v) is 3.80. The van der Waals surface area contributed by atoms with E-state index in [0.717, 1.165) is 0 Å². The monoisotopic (exact) mass is 398 g/mol. The predicted octanol–water partition coefficient (Wildman–Crippen LogP) is 3.82. The van der Waals surface area contributed by atoms with Crippen molar-refractivity contribution in [2.45, 2.75) is 0 Å². The number of nitrogens with one attached hydrogen (secondary N) is 1. The first-order valence-corrected chi connectivity index (χ1v) is 7.75. The zero-order valence-electron chi connectivity index (χ0n) is 11.8. The Labute approximate surface area is 145 Å². The summed E-state index contributed by atoms with van der Waals surface area (Å²) in [5, 5.41) is 14.1. The second-order valence-electron chi connectivity index (χ2n) is 4.48. The molecular weight excluding hydrogens is 388 g/mol. The lowest BCUT2D eigenvalue weighted by Crippen LogP contribution is -2.28. The topological polar surface area (TPSA) is 81.5 Å². The summed E-state index contributed by atoms with van der Waals surface area (Å²) >= 11 is 8.84. The molecule has 0 heterocycles. The number of hydrogen-bond acceptors (Lipinski definition) is 4. The molecule has 0 aliphatic heterocycles. The summed E-state index contributed by atoms with van der Waals surface area (Å²) in [6, 6.07) is 11.1. The van der Waals surface area contributed by atoms with Gasteiger partial charge in [0.25, 0.3) is 11.6 Å². The second-order valence-corrected chi connectivity index (χ2v) is 5.77. The van der Waals surface area contributed by atoms with E-state index in [9.17, 15) is 14.9 Å². The van der Waals surface area contributed by atoms with Crippen LogP contribution < -0.4 is 10.1 Å². The third-order valence-electron chi connectivity index (χ3n) is 2.88. The van der Waals surface area contributed by atoms with Crippen molar-refractivity contribution in [2.75, 3.05) is 13.2 Å². The summed E-state index contributed by atoms with van der Waals surface area (Å²) in [5.41, 5.74) is 0.0569. The van der Waals surface area contributed by atoms with E-state index in [2.05, 4.69) is 21.2 Å². The van der Waals surface area contributed by atoms with Crippen molar-refractivity contribution in [2.24, 2.45) is 0 Å². The highest BCUT2D eigenvalue weighted by Crippen LogP contribution is 2.25. The Balaban J connectivity index is 1.86. The van der Waals surface area contributed by atoms with E-state index in [1.807, 2.05) is 0 Å². The van der Waals surface area contributed by atoms with Crippen LogP contribution in [0.4, 0.5) is 5.69 Å². The maximum Gasteiger partial charge on any atom is 0.284 e. The van der Waals surface area contributed by atoms with Crippen molar-refractivity contribution in [1.82, 2.24) is 5.32 Å². The van der Waals surface area contributed by atoms with Crippen molar-refractivity contribution in [3.63, 3.8) is 0 Å². The average Bonchev–Trinajstić information content (AvgIpc) is 2.53. The number of nitrogens with zero attached hydrogens (tertiary/aromatic N) is 1. The van der Waals surface area contributed by atoms with Crippen LogP contribution in [0, 0.1) is 10.1 Å². The van der Waals surface area contributed by atoms with Crippen molar-refractivity contribution in [3.8, 4) is 5.75 Å². The van der Waals surface area contributed by atoms with E-state index in [4.69, 9.17) is 16.3 Å². The van der Waals surface area contributed by atoms with Crippen molar-refractivity contribution in [3.05, 3.63) is 67.6 Å².